The van der Waals surface area contributed by atoms with E-state index < -0.39 is 0 Å². The van der Waals surface area contributed by atoms with Crippen LogP contribution in [0.15, 0.2) is 24.3 Å². The molecule has 0 atom stereocenters. The molecule has 0 aliphatic carbocycles. The molecule has 0 fully saturated rings. The molecule has 0 aromatic heterocycles. The van der Waals surface area contributed by atoms with Gasteiger partial charge >= 0.3 is 0 Å². The van der Waals surface area contributed by atoms with Gasteiger partial charge in [0.2, 0.25) is 0 Å². The summed E-state index contributed by atoms with van der Waals surface area (Å²) in [5.41, 5.74) is 0.738. The highest BCUT2D eigenvalue weighted by Gasteiger charge is 1.99. The molecule has 0 saturated heterocycles. The van der Waals surface area contributed by atoms with Crippen molar-refractivity contribution < 1.29 is 9.18 Å². The fourth-order valence-electron chi connectivity index (χ4n) is 1.51. The fraction of sp³-hybridized carbons (Fsp3) is 0.462. The lowest BCUT2D eigenvalue weighted by molar-refractivity contribution is -0.117. The normalized spacial score (nSPS) is 10.4. The van der Waals surface area contributed by atoms with E-state index in [-0.39, 0.29) is 11.6 Å². The first-order valence-corrected chi connectivity index (χ1v) is 5.63. The molecular formula is C13H18FNO. The van der Waals surface area contributed by atoms with E-state index in [1.54, 1.807) is 19.1 Å². The average molecular weight is 223 g/mol. The van der Waals surface area contributed by atoms with Crippen LogP contribution in [0.2, 0.25) is 0 Å². The Morgan fingerprint density at radius 3 is 2.75 bits per heavy atom. The number of hydrogen-bond acceptors (Lipinski definition) is 2. The summed E-state index contributed by atoms with van der Waals surface area (Å²) in [4.78, 5) is 10.7. The van der Waals surface area contributed by atoms with Gasteiger partial charge in [0.25, 0.3) is 0 Å². The molecule has 0 aliphatic heterocycles. The monoisotopic (exact) mass is 223 g/mol. The van der Waals surface area contributed by atoms with Gasteiger partial charge in [-0.15, -0.1) is 0 Å². The number of carbonyl (C=O) groups excluding carboxylic acids is 1. The molecular weight excluding hydrogens is 205 g/mol. The quantitative estimate of drug-likeness (QED) is 0.719. The third-order valence-electron chi connectivity index (χ3n) is 2.41. The first kappa shape index (κ1) is 12.8. The lowest BCUT2D eigenvalue weighted by Crippen LogP contribution is -2.19. The second kappa shape index (κ2) is 7.12. The number of benzene rings is 1. The Bertz CT molecular complexity index is 338. The average Bonchev–Trinajstić information content (AvgIpc) is 2.25. The highest BCUT2D eigenvalue weighted by atomic mass is 19.1. The number of hydrogen-bond donors (Lipinski definition) is 1. The summed E-state index contributed by atoms with van der Waals surface area (Å²) in [5, 5.41) is 3.20. The topological polar surface area (TPSA) is 29.1 Å². The first-order valence-electron chi connectivity index (χ1n) is 5.63. The Hall–Kier alpha value is -1.22. The SMILES string of the molecule is CC(=O)CCCNCCc1ccccc1F. The summed E-state index contributed by atoms with van der Waals surface area (Å²) in [7, 11) is 0. The molecule has 0 amide bonds. The number of carbonyl (C=O) groups is 1. The van der Waals surface area contributed by atoms with Gasteiger partial charge in [-0.05, 0) is 44.5 Å². The largest absolute Gasteiger partial charge is 0.316 e. The maximum atomic E-state index is 13.2. The molecule has 0 saturated carbocycles. The Kier molecular flexibility index (Phi) is 5.72. The van der Waals surface area contributed by atoms with E-state index >= 15 is 0 Å². The Labute approximate surface area is 95.9 Å². The van der Waals surface area contributed by atoms with Crippen molar-refractivity contribution in [1.29, 1.82) is 0 Å². The zero-order valence-electron chi connectivity index (χ0n) is 9.63. The number of rotatable bonds is 7. The van der Waals surface area contributed by atoms with E-state index in [9.17, 15) is 9.18 Å². The summed E-state index contributed by atoms with van der Waals surface area (Å²) >= 11 is 0. The molecule has 1 N–H and O–H groups in total. The van der Waals surface area contributed by atoms with Gasteiger partial charge in [0.15, 0.2) is 0 Å². The molecule has 0 spiro atoms. The van der Waals surface area contributed by atoms with Crippen molar-refractivity contribution in [1.82, 2.24) is 5.32 Å². The fourth-order valence-corrected chi connectivity index (χ4v) is 1.51. The Morgan fingerprint density at radius 2 is 2.06 bits per heavy atom. The molecule has 0 unspecified atom stereocenters. The molecule has 0 radical (unpaired) electrons. The Morgan fingerprint density at radius 1 is 1.31 bits per heavy atom. The van der Waals surface area contributed by atoms with Gasteiger partial charge in [-0.25, -0.2) is 4.39 Å². The summed E-state index contributed by atoms with van der Waals surface area (Å²) in [6, 6.07) is 6.81. The van der Waals surface area contributed by atoms with Crippen LogP contribution in [0.5, 0.6) is 0 Å². The summed E-state index contributed by atoms with van der Waals surface area (Å²) < 4.78 is 13.2. The van der Waals surface area contributed by atoms with Crippen LogP contribution >= 0.6 is 0 Å². The highest BCUT2D eigenvalue weighted by molar-refractivity contribution is 5.75. The van der Waals surface area contributed by atoms with Crippen molar-refractivity contribution in [2.45, 2.75) is 26.2 Å². The molecule has 0 aliphatic rings. The predicted octanol–water partition coefficient (Wildman–Crippen LogP) is 2.33. The van der Waals surface area contributed by atoms with E-state index in [1.165, 1.54) is 6.07 Å². The van der Waals surface area contributed by atoms with Gasteiger partial charge in [0.1, 0.15) is 11.6 Å². The van der Waals surface area contributed by atoms with Crippen molar-refractivity contribution in [3.63, 3.8) is 0 Å². The van der Waals surface area contributed by atoms with E-state index in [4.69, 9.17) is 0 Å². The van der Waals surface area contributed by atoms with Gasteiger partial charge in [0.05, 0.1) is 0 Å². The van der Waals surface area contributed by atoms with Crippen LogP contribution in [0.25, 0.3) is 0 Å². The summed E-state index contributed by atoms with van der Waals surface area (Å²) in [5.74, 6) is 0.0731. The number of nitrogens with one attached hydrogen (secondary N) is 1. The maximum Gasteiger partial charge on any atom is 0.129 e. The summed E-state index contributed by atoms with van der Waals surface area (Å²) in [6.45, 7) is 3.16. The summed E-state index contributed by atoms with van der Waals surface area (Å²) in [6.07, 6.45) is 2.16. The molecule has 1 rings (SSSR count). The first-order chi connectivity index (χ1) is 7.70. The van der Waals surface area contributed by atoms with E-state index in [0.717, 1.165) is 25.1 Å². The van der Waals surface area contributed by atoms with Gasteiger partial charge in [0, 0.05) is 6.42 Å². The second-order valence-electron chi connectivity index (χ2n) is 3.90. The molecule has 1 aromatic rings. The maximum absolute atomic E-state index is 13.2. The number of Topliss-reactive ketones (excluding diaryl/α,β-unsaturated/α-hetero) is 1. The van der Waals surface area contributed by atoms with Crippen LogP contribution in [0.3, 0.4) is 0 Å². The van der Waals surface area contributed by atoms with E-state index in [2.05, 4.69) is 5.32 Å². The van der Waals surface area contributed by atoms with Crippen molar-refractivity contribution >= 4 is 5.78 Å². The highest BCUT2D eigenvalue weighted by Crippen LogP contribution is 2.06. The van der Waals surface area contributed by atoms with Crippen LogP contribution in [0.1, 0.15) is 25.3 Å². The lowest BCUT2D eigenvalue weighted by atomic mass is 10.1. The number of halogens is 1. The second-order valence-corrected chi connectivity index (χ2v) is 3.90. The van der Waals surface area contributed by atoms with E-state index in [0.29, 0.717) is 12.8 Å². The van der Waals surface area contributed by atoms with Crippen LogP contribution in [0, 0.1) is 5.82 Å². The van der Waals surface area contributed by atoms with Gasteiger partial charge < -0.3 is 10.1 Å². The third-order valence-corrected chi connectivity index (χ3v) is 2.41. The zero-order chi connectivity index (χ0) is 11.8. The van der Waals surface area contributed by atoms with Crippen molar-refractivity contribution in [2.24, 2.45) is 0 Å². The minimum absolute atomic E-state index is 0.145. The lowest BCUT2D eigenvalue weighted by Gasteiger charge is -2.04. The Balaban J connectivity index is 2.12. The number of ketones is 1. The molecule has 0 bridgehead atoms. The third kappa shape index (κ3) is 5.03. The molecule has 88 valence electrons. The van der Waals surface area contributed by atoms with Crippen LogP contribution in [-0.4, -0.2) is 18.9 Å². The standard InChI is InChI=1S/C13H18FNO/c1-11(16)5-4-9-15-10-8-12-6-2-3-7-13(12)14/h2-3,6-7,15H,4-5,8-10H2,1H3. The zero-order valence-corrected chi connectivity index (χ0v) is 9.63. The predicted molar refractivity (Wildman–Crippen MR) is 62.9 cm³/mol. The van der Waals surface area contributed by atoms with E-state index in [1.807, 2.05) is 6.07 Å². The van der Waals surface area contributed by atoms with Crippen LogP contribution in [0.4, 0.5) is 4.39 Å². The van der Waals surface area contributed by atoms with Gasteiger partial charge in [-0.1, -0.05) is 18.2 Å². The van der Waals surface area contributed by atoms with Gasteiger partial charge in [-0.3, -0.25) is 0 Å². The van der Waals surface area contributed by atoms with Crippen molar-refractivity contribution in [2.75, 3.05) is 13.1 Å². The smallest absolute Gasteiger partial charge is 0.129 e. The van der Waals surface area contributed by atoms with Gasteiger partial charge in [-0.2, -0.15) is 0 Å². The minimum Gasteiger partial charge on any atom is -0.316 e. The van der Waals surface area contributed by atoms with Crippen LogP contribution in [-0.2, 0) is 11.2 Å². The van der Waals surface area contributed by atoms with Crippen LogP contribution < -0.4 is 5.32 Å². The van der Waals surface area contributed by atoms with Crippen molar-refractivity contribution in [3.8, 4) is 0 Å². The minimum atomic E-state index is -0.145. The molecule has 1 aromatic carbocycles. The molecule has 16 heavy (non-hydrogen) atoms. The molecule has 0 heterocycles. The molecule has 3 heteroatoms. The van der Waals surface area contributed by atoms with Crippen molar-refractivity contribution in [3.05, 3.63) is 35.6 Å². The molecule has 2 nitrogen and oxygen atoms in total.